The fourth-order valence-electron chi connectivity index (χ4n) is 3.42. The molecular formula is C26H35ClN4O4. The predicted octanol–water partition coefficient (Wildman–Crippen LogP) is 4.04. The number of hydrogen-bond acceptors (Lipinski definition) is 6. The molecule has 8 nitrogen and oxygen atoms in total. The number of hydrogen-bond donors (Lipinski definition) is 2. The summed E-state index contributed by atoms with van der Waals surface area (Å²) in [7, 11) is 3.35. The van der Waals surface area contributed by atoms with Gasteiger partial charge < -0.3 is 19.7 Å². The molecule has 2 N–H and O–H groups in total. The normalized spacial score (nSPS) is 14.5. The van der Waals surface area contributed by atoms with E-state index < -0.39 is 5.54 Å². The van der Waals surface area contributed by atoms with Crippen molar-refractivity contribution in [3.63, 3.8) is 0 Å². The zero-order valence-corrected chi connectivity index (χ0v) is 22.0. The molecule has 1 aromatic heterocycles. The Balaban J connectivity index is 0.00000432. The zero-order chi connectivity index (χ0) is 24.9. The van der Waals surface area contributed by atoms with E-state index >= 15 is 0 Å². The van der Waals surface area contributed by atoms with E-state index in [1.54, 1.807) is 31.3 Å². The number of pyridine rings is 1. The second-order valence-electron chi connectivity index (χ2n) is 9.39. The van der Waals surface area contributed by atoms with Crippen LogP contribution < -0.4 is 20.1 Å². The molecule has 0 saturated heterocycles. The molecule has 9 heteroatoms. The van der Waals surface area contributed by atoms with Crippen molar-refractivity contribution in [2.45, 2.75) is 46.3 Å². The molecule has 0 atom stereocenters. The average Bonchev–Trinajstić information content (AvgIpc) is 2.91. The summed E-state index contributed by atoms with van der Waals surface area (Å²) in [6, 6.07) is 7.59. The molecule has 2 amide bonds. The first-order chi connectivity index (χ1) is 16.1. The molecule has 1 aliphatic heterocycles. The highest BCUT2D eigenvalue weighted by atomic mass is 35.5. The number of para-hydroxylation sites is 1. The molecule has 0 saturated carbocycles. The fourth-order valence-corrected chi connectivity index (χ4v) is 3.42. The van der Waals surface area contributed by atoms with Crippen molar-refractivity contribution >= 4 is 36.1 Å². The molecule has 2 aromatic rings. The van der Waals surface area contributed by atoms with Crippen LogP contribution >= 0.6 is 12.4 Å². The second kappa shape index (κ2) is 12.0. The van der Waals surface area contributed by atoms with Gasteiger partial charge in [-0.1, -0.05) is 26.0 Å². The molecule has 0 radical (unpaired) electrons. The Kier molecular flexibility index (Phi) is 9.68. The van der Waals surface area contributed by atoms with Crippen LogP contribution in [0.25, 0.3) is 6.08 Å². The first-order valence-electron chi connectivity index (χ1n) is 11.4. The minimum Gasteiger partial charge on any atom is -0.493 e. The molecule has 0 unspecified atom stereocenters. The number of rotatable bonds is 8. The maximum atomic E-state index is 12.8. The van der Waals surface area contributed by atoms with Crippen molar-refractivity contribution in [3.05, 3.63) is 53.2 Å². The van der Waals surface area contributed by atoms with Gasteiger partial charge >= 0.3 is 0 Å². The van der Waals surface area contributed by atoms with Gasteiger partial charge in [0.1, 0.15) is 5.82 Å². The van der Waals surface area contributed by atoms with Gasteiger partial charge in [0.25, 0.3) is 0 Å². The number of benzene rings is 1. The summed E-state index contributed by atoms with van der Waals surface area (Å²) in [6.45, 7) is 9.24. The highest BCUT2D eigenvalue weighted by Crippen LogP contribution is 2.32. The molecule has 190 valence electrons. The lowest BCUT2D eigenvalue weighted by Crippen LogP contribution is -2.47. The van der Waals surface area contributed by atoms with Crippen LogP contribution in [0.4, 0.5) is 5.82 Å². The highest BCUT2D eigenvalue weighted by Gasteiger charge is 2.30. The lowest BCUT2D eigenvalue weighted by Gasteiger charge is -2.21. The Bertz CT molecular complexity index is 1090. The smallest absolute Gasteiger partial charge is 0.246 e. The number of fused-ring (bicyclic) bond motifs is 1. The molecule has 3 rings (SSSR count). The quantitative estimate of drug-likeness (QED) is 0.529. The zero-order valence-electron chi connectivity index (χ0n) is 21.2. The van der Waals surface area contributed by atoms with Gasteiger partial charge in [-0.2, -0.15) is 0 Å². The standard InChI is InChI=1S/C26H34N4O4.ClH/c1-17(2)16-34-23-19(8-7-9-21(23)33-6)15-30(5)22(31)11-10-18-12-20-14-28-26(3,4)25(32)29-24(20)27-13-18;/h7-13,17,28H,14-16H2,1-6H3,(H,27,29,32);1H. The van der Waals surface area contributed by atoms with E-state index in [2.05, 4.69) is 29.5 Å². The number of methoxy groups -OCH3 is 1. The lowest BCUT2D eigenvalue weighted by molar-refractivity contribution is -0.125. The minimum absolute atomic E-state index is 0. The molecule has 0 bridgehead atoms. The molecular weight excluding hydrogens is 468 g/mol. The number of carbonyl (C=O) groups excluding carboxylic acids is 2. The molecule has 1 aliphatic rings. The summed E-state index contributed by atoms with van der Waals surface area (Å²) in [5, 5.41) is 6.07. The van der Waals surface area contributed by atoms with Gasteiger partial charge in [-0.05, 0) is 43.5 Å². The van der Waals surface area contributed by atoms with Crippen LogP contribution in [-0.4, -0.2) is 48.0 Å². The van der Waals surface area contributed by atoms with Gasteiger partial charge in [-0.25, -0.2) is 4.98 Å². The molecule has 0 fully saturated rings. The number of nitrogens with zero attached hydrogens (tertiary/aromatic N) is 2. The number of nitrogens with one attached hydrogen (secondary N) is 2. The minimum atomic E-state index is -0.687. The van der Waals surface area contributed by atoms with Crippen LogP contribution in [0, 0.1) is 5.92 Å². The van der Waals surface area contributed by atoms with E-state index in [9.17, 15) is 9.59 Å². The number of ether oxygens (including phenoxy) is 2. The van der Waals surface area contributed by atoms with Gasteiger partial charge in [0.15, 0.2) is 11.5 Å². The summed E-state index contributed by atoms with van der Waals surface area (Å²) in [4.78, 5) is 31.1. The molecule has 0 aliphatic carbocycles. The Labute approximate surface area is 213 Å². The van der Waals surface area contributed by atoms with Crippen molar-refractivity contribution in [1.29, 1.82) is 0 Å². The fraction of sp³-hybridized carbons (Fsp3) is 0.423. The van der Waals surface area contributed by atoms with Crippen LogP contribution in [0.3, 0.4) is 0 Å². The SMILES string of the molecule is COc1cccc(CN(C)C(=O)C=Cc2cnc3c(c2)CNC(C)(C)C(=O)N3)c1OCC(C)C.Cl. The maximum Gasteiger partial charge on any atom is 0.246 e. The number of anilines is 1. The van der Waals surface area contributed by atoms with Crippen LogP contribution in [0.2, 0.25) is 0 Å². The predicted molar refractivity (Wildman–Crippen MR) is 140 cm³/mol. The van der Waals surface area contributed by atoms with Crippen molar-refractivity contribution in [3.8, 4) is 11.5 Å². The maximum absolute atomic E-state index is 12.8. The third kappa shape index (κ3) is 7.19. The Morgan fingerprint density at radius 3 is 2.74 bits per heavy atom. The Morgan fingerprint density at radius 2 is 2.06 bits per heavy atom. The Hall–Kier alpha value is -3.10. The molecule has 2 heterocycles. The summed E-state index contributed by atoms with van der Waals surface area (Å²) in [5.41, 5.74) is 1.83. The Morgan fingerprint density at radius 1 is 1.31 bits per heavy atom. The van der Waals surface area contributed by atoms with Crippen LogP contribution in [0.15, 0.2) is 36.5 Å². The third-order valence-electron chi connectivity index (χ3n) is 5.55. The van der Waals surface area contributed by atoms with E-state index in [4.69, 9.17) is 9.47 Å². The van der Waals surface area contributed by atoms with Gasteiger partial charge in [-0.3, -0.25) is 14.9 Å². The monoisotopic (exact) mass is 502 g/mol. The van der Waals surface area contributed by atoms with Crippen LogP contribution in [0.5, 0.6) is 11.5 Å². The third-order valence-corrected chi connectivity index (χ3v) is 5.55. The summed E-state index contributed by atoms with van der Waals surface area (Å²) < 4.78 is 11.4. The summed E-state index contributed by atoms with van der Waals surface area (Å²) >= 11 is 0. The van der Waals surface area contributed by atoms with E-state index in [1.165, 1.54) is 6.08 Å². The van der Waals surface area contributed by atoms with Gasteiger partial charge in [0.2, 0.25) is 11.8 Å². The van der Waals surface area contributed by atoms with Crippen LogP contribution in [-0.2, 0) is 22.7 Å². The molecule has 1 aromatic carbocycles. The van der Waals surface area contributed by atoms with Crippen molar-refractivity contribution in [1.82, 2.24) is 15.2 Å². The van der Waals surface area contributed by atoms with Gasteiger partial charge in [0, 0.05) is 43.5 Å². The van der Waals surface area contributed by atoms with E-state index in [1.807, 2.05) is 38.1 Å². The summed E-state index contributed by atoms with van der Waals surface area (Å²) in [5.74, 6) is 1.93. The largest absolute Gasteiger partial charge is 0.493 e. The van der Waals surface area contributed by atoms with E-state index in [0.717, 1.165) is 16.7 Å². The number of amides is 2. The first-order valence-corrected chi connectivity index (χ1v) is 11.4. The van der Waals surface area contributed by atoms with Crippen molar-refractivity contribution in [2.24, 2.45) is 5.92 Å². The summed E-state index contributed by atoms with van der Waals surface area (Å²) in [6.07, 6.45) is 4.89. The van der Waals surface area contributed by atoms with Crippen molar-refractivity contribution in [2.75, 3.05) is 26.1 Å². The van der Waals surface area contributed by atoms with Gasteiger partial charge in [0.05, 0.1) is 19.3 Å². The number of likely N-dealkylation sites (N-methyl/N-ethyl adjacent to an activating group) is 1. The average molecular weight is 503 g/mol. The topological polar surface area (TPSA) is 92.8 Å². The van der Waals surface area contributed by atoms with E-state index in [0.29, 0.717) is 42.9 Å². The molecule has 35 heavy (non-hydrogen) atoms. The number of carbonyl (C=O) groups is 2. The molecule has 0 spiro atoms. The van der Waals surface area contributed by atoms with Crippen molar-refractivity contribution < 1.29 is 19.1 Å². The van der Waals surface area contributed by atoms with Crippen LogP contribution in [0.1, 0.15) is 44.4 Å². The lowest BCUT2D eigenvalue weighted by atomic mass is 10.1. The number of aromatic nitrogens is 1. The van der Waals surface area contributed by atoms with Gasteiger partial charge in [-0.15, -0.1) is 12.4 Å². The number of halogens is 1. The van der Waals surface area contributed by atoms with E-state index in [-0.39, 0.29) is 24.2 Å². The highest BCUT2D eigenvalue weighted by molar-refractivity contribution is 5.98. The second-order valence-corrected chi connectivity index (χ2v) is 9.39. The first kappa shape index (κ1) is 28.1.